The first-order chi connectivity index (χ1) is 9.10. The summed E-state index contributed by atoms with van der Waals surface area (Å²) in [5.74, 6) is 0.734. The Bertz CT molecular complexity index is 550. The second kappa shape index (κ2) is 5.65. The van der Waals surface area contributed by atoms with E-state index in [0.29, 0.717) is 12.3 Å². The number of benzene rings is 1. The van der Waals surface area contributed by atoms with Crippen LogP contribution in [-0.2, 0) is 13.6 Å². The lowest BCUT2D eigenvalue weighted by molar-refractivity contribution is 0.342. The lowest BCUT2D eigenvalue weighted by atomic mass is 10.2. The molecule has 0 aliphatic rings. The van der Waals surface area contributed by atoms with Gasteiger partial charge in [-0.15, -0.1) is 0 Å². The summed E-state index contributed by atoms with van der Waals surface area (Å²) >= 11 is 0. The minimum absolute atomic E-state index is 0.611. The number of hydrogen-bond donors (Lipinski definition) is 1. The van der Waals surface area contributed by atoms with Crippen LogP contribution in [-0.4, -0.2) is 23.4 Å². The third kappa shape index (κ3) is 3.19. The fourth-order valence-corrected chi connectivity index (χ4v) is 1.96. The predicted molar refractivity (Wildman–Crippen MR) is 77.3 cm³/mol. The molecule has 5 nitrogen and oxygen atoms in total. The molecule has 1 aromatic heterocycles. The second-order valence-corrected chi connectivity index (χ2v) is 4.53. The van der Waals surface area contributed by atoms with Crippen molar-refractivity contribution in [3.05, 3.63) is 36.2 Å². The number of ether oxygens (including phenoxy) is 1. The van der Waals surface area contributed by atoms with Crippen LogP contribution in [0.2, 0.25) is 0 Å². The van der Waals surface area contributed by atoms with Crippen molar-refractivity contribution >= 4 is 11.4 Å². The van der Waals surface area contributed by atoms with Crippen LogP contribution in [0, 0.1) is 0 Å². The second-order valence-electron chi connectivity index (χ2n) is 4.53. The zero-order valence-corrected chi connectivity index (χ0v) is 11.6. The summed E-state index contributed by atoms with van der Waals surface area (Å²) in [5, 5.41) is 4.17. The van der Waals surface area contributed by atoms with Crippen molar-refractivity contribution in [3.63, 3.8) is 0 Å². The van der Waals surface area contributed by atoms with Gasteiger partial charge in [0.2, 0.25) is 0 Å². The summed E-state index contributed by atoms with van der Waals surface area (Å²) in [6, 6.07) is 5.84. The zero-order chi connectivity index (χ0) is 13.8. The van der Waals surface area contributed by atoms with Crippen LogP contribution in [0.15, 0.2) is 30.6 Å². The van der Waals surface area contributed by atoms with Crippen molar-refractivity contribution in [2.24, 2.45) is 7.05 Å². The molecule has 0 saturated heterocycles. The first kappa shape index (κ1) is 13.3. The number of anilines is 2. The van der Waals surface area contributed by atoms with Crippen LogP contribution < -0.4 is 15.4 Å². The number of nitrogen functional groups attached to an aromatic ring is 1. The SMILES string of the molecule is CCOc1cc(N(C)Cc2cnn(C)c2)ccc1N. The molecule has 0 aliphatic heterocycles. The van der Waals surface area contributed by atoms with Gasteiger partial charge in [-0.05, 0) is 19.1 Å². The number of hydrogen-bond acceptors (Lipinski definition) is 4. The van der Waals surface area contributed by atoms with Gasteiger partial charge in [-0.1, -0.05) is 0 Å². The number of aryl methyl sites for hydroxylation is 1. The van der Waals surface area contributed by atoms with Crippen molar-refractivity contribution in [3.8, 4) is 5.75 Å². The normalized spacial score (nSPS) is 10.5. The molecule has 102 valence electrons. The molecule has 0 aliphatic carbocycles. The molecule has 2 aromatic rings. The fourth-order valence-electron chi connectivity index (χ4n) is 1.96. The van der Waals surface area contributed by atoms with Crippen molar-refractivity contribution in [1.82, 2.24) is 9.78 Å². The Morgan fingerprint density at radius 3 is 2.84 bits per heavy atom. The molecule has 0 saturated carbocycles. The van der Waals surface area contributed by atoms with Gasteiger partial charge in [-0.2, -0.15) is 5.10 Å². The molecule has 0 bridgehead atoms. The quantitative estimate of drug-likeness (QED) is 0.836. The van der Waals surface area contributed by atoms with E-state index in [-0.39, 0.29) is 0 Å². The maximum atomic E-state index is 5.87. The smallest absolute Gasteiger partial charge is 0.144 e. The Hall–Kier alpha value is -2.17. The summed E-state index contributed by atoms with van der Waals surface area (Å²) in [6.07, 6.45) is 3.88. The minimum Gasteiger partial charge on any atom is -0.492 e. The highest BCUT2D eigenvalue weighted by Gasteiger charge is 2.07. The Morgan fingerprint density at radius 1 is 1.42 bits per heavy atom. The lowest BCUT2D eigenvalue weighted by Gasteiger charge is -2.20. The van der Waals surface area contributed by atoms with Crippen LogP contribution >= 0.6 is 0 Å². The van der Waals surface area contributed by atoms with Crippen molar-refractivity contribution < 1.29 is 4.74 Å². The van der Waals surface area contributed by atoms with E-state index >= 15 is 0 Å². The fraction of sp³-hybridized carbons (Fsp3) is 0.357. The number of aromatic nitrogens is 2. The monoisotopic (exact) mass is 260 g/mol. The van der Waals surface area contributed by atoms with E-state index < -0.39 is 0 Å². The number of nitrogens with zero attached hydrogens (tertiary/aromatic N) is 3. The van der Waals surface area contributed by atoms with E-state index in [1.54, 1.807) is 4.68 Å². The molecule has 0 atom stereocenters. The minimum atomic E-state index is 0.611. The Balaban J connectivity index is 2.14. The first-order valence-electron chi connectivity index (χ1n) is 6.31. The Kier molecular flexibility index (Phi) is 3.94. The summed E-state index contributed by atoms with van der Waals surface area (Å²) < 4.78 is 7.32. The van der Waals surface area contributed by atoms with Crippen molar-refractivity contribution in [2.45, 2.75) is 13.5 Å². The maximum Gasteiger partial charge on any atom is 0.144 e. The molecule has 0 radical (unpaired) electrons. The van der Waals surface area contributed by atoms with Crippen LogP contribution in [0.1, 0.15) is 12.5 Å². The Morgan fingerprint density at radius 2 is 2.21 bits per heavy atom. The van der Waals surface area contributed by atoms with Gasteiger partial charge in [0.05, 0.1) is 18.5 Å². The average Bonchev–Trinajstić information content (AvgIpc) is 2.77. The standard InChI is InChI=1S/C14H20N4O/c1-4-19-14-7-12(5-6-13(14)15)17(2)9-11-8-16-18(3)10-11/h5-8,10H,4,9,15H2,1-3H3. The molecule has 0 unspecified atom stereocenters. The summed E-state index contributed by atoms with van der Waals surface area (Å²) in [7, 11) is 3.95. The topological polar surface area (TPSA) is 56.3 Å². The molecule has 1 heterocycles. The summed E-state index contributed by atoms with van der Waals surface area (Å²) in [6.45, 7) is 3.36. The molecular formula is C14H20N4O. The third-order valence-electron chi connectivity index (χ3n) is 2.92. The maximum absolute atomic E-state index is 5.87. The van der Waals surface area contributed by atoms with Gasteiger partial charge in [0.15, 0.2) is 0 Å². The van der Waals surface area contributed by atoms with Gasteiger partial charge >= 0.3 is 0 Å². The highest BCUT2D eigenvalue weighted by molar-refractivity contribution is 5.62. The Labute approximate surface area is 113 Å². The first-order valence-corrected chi connectivity index (χ1v) is 6.31. The average molecular weight is 260 g/mol. The van der Waals surface area contributed by atoms with Gasteiger partial charge in [-0.3, -0.25) is 4.68 Å². The highest BCUT2D eigenvalue weighted by Crippen LogP contribution is 2.27. The van der Waals surface area contributed by atoms with E-state index in [4.69, 9.17) is 10.5 Å². The summed E-state index contributed by atoms with van der Waals surface area (Å²) in [4.78, 5) is 2.14. The molecule has 2 N–H and O–H groups in total. The van der Waals surface area contributed by atoms with Gasteiger partial charge in [0.25, 0.3) is 0 Å². The van der Waals surface area contributed by atoms with Crippen LogP contribution in [0.25, 0.3) is 0 Å². The van der Waals surface area contributed by atoms with E-state index in [2.05, 4.69) is 10.00 Å². The van der Waals surface area contributed by atoms with Crippen LogP contribution in [0.4, 0.5) is 11.4 Å². The number of nitrogens with two attached hydrogens (primary N) is 1. The molecule has 19 heavy (non-hydrogen) atoms. The predicted octanol–water partition coefficient (Wildman–Crippen LogP) is 2.04. The van der Waals surface area contributed by atoms with E-state index in [9.17, 15) is 0 Å². The summed E-state index contributed by atoms with van der Waals surface area (Å²) in [5.41, 5.74) is 8.78. The van der Waals surface area contributed by atoms with Crippen LogP contribution in [0.3, 0.4) is 0 Å². The van der Waals surface area contributed by atoms with Crippen molar-refractivity contribution in [2.75, 3.05) is 24.3 Å². The highest BCUT2D eigenvalue weighted by atomic mass is 16.5. The third-order valence-corrected chi connectivity index (χ3v) is 2.92. The lowest BCUT2D eigenvalue weighted by Crippen LogP contribution is -2.16. The molecule has 0 spiro atoms. The van der Waals surface area contributed by atoms with Gasteiger partial charge in [0, 0.05) is 44.2 Å². The van der Waals surface area contributed by atoms with Crippen molar-refractivity contribution in [1.29, 1.82) is 0 Å². The van der Waals surface area contributed by atoms with Crippen LogP contribution in [0.5, 0.6) is 5.75 Å². The molecule has 0 fully saturated rings. The van der Waals surface area contributed by atoms with E-state index in [0.717, 1.165) is 18.0 Å². The van der Waals surface area contributed by atoms with Gasteiger partial charge in [0.1, 0.15) is 5.75 Å². The van der Waals surface area contributed by atoms with E-state index in [1.165, 1.54) is 5.56 Å². The van der Waals surface area contributed by atoms with Gasteiger partial charge in [-0.25, -0.2) is 0 Å². The molecule has 1 aromatic carbocycles. The largest absolute Gasteiger partial charge is 0.492 e. The zero-order valence-electron chi connectivity index (χ0n) is 11.6. The van der Waals surface area contributed by atoms with E-state index in [1.807, 2.05) is 51.6 Å². The molecule has 2 rings (SSSR count). The number of rotatable bonds is 5. The molecule has 0 amide bonds. The van der Waals surface area contributed by atoms with Gasteiger partial charge < -0.3 is 15.4 Å². The molecule has 5 heteroatoms. The molecular weight excluding hydrogens is 240 g/mol.